The molecule has 28 heavy (non-hydrogen) atoms. The van der Waals surface area contributed by atoms with E-state index in [2.05, 4.69) is 6.92 Å². The first-order valence-electron chi connectivity index (χ1n) is 10.0. The van der Waals surface area contributed by atoms with Gasteiger partial charge in [-0.15, -0.1) is 0 Å². The zero-order valence-corrected chi connectivity index (χ0v) is 17.7. The Hall–Kier alpha value is -1.85. The lowest BCUT2D eigenvalue weighted by molar-refractivity contribution is 0.0174. The van der Waals surface area contributed by atoms with Crippen LogP contribution in [-0.2, 0) is 9.84 Å². The summed E-state index contributed by atoms with van der Waals surface area (Å²) >= 11 is 0. The monoisotopic (exact) mass is 402 g/mol. The molecule has 2 aromatic rings. The van der Waals surface area contributed by atoms with Crippen LogP contribution in [0, 0.1) is 5.41 Å². The molecule has 0 radical (unpaired) electrons. The number of benzene rings is 2. The summed E-state index contributed by atoms with van der Waals surface area (Å²) in [6.07, 6.45) is 2.37. The molecule has 0 unspecified atom stereocenters. The van der Waals surface area contributed by atoms with Crippen molar-refractivity contribution in [3.8, 4) is 5.75 Å². The van der Waals surface area contributed by atoms with Gasteiger partial charge in [0.25, 0.3) is 0 Å². The Kier molecular flexibility index (Phi) is 6.15. The highest BCUT2D eigenvalue weighted by molar-refractivity contribution is 7.91. The van der Waals surface area contributed by atoms with Crippen LogP contribution in [0.25, 0.3) is 0 Å². The van der Waals surface area contributed by atoms with Gasteiger partial charge in [-0.05, 0) is 36.1 Å². The Morgan fingerprint density at radius 2 is 1.86 bits per heavy atom. The zero-order valence-electron chi connectivity index (χ0n) is 16.9. The highest BCUT2D eigenvalue weighted by atomic mass is 32.2. The molecule has 1 N–H and O–H groups in total. The summed E-state index contributed by atoms with van der Waals surface area (Å²) in [5, 5.41) is 11.6. The summed E-state index contributed by atoms with van der Waals surface area (Å²) in [4.78, 5) is 0.284. The summed E-state index contributed by atoms with van der Waals surface area (Å²) in [5.74, 6) is 0.0821. The predicted octanol–water partition coefficient (Wildman–Crippen LogP) is 4.56. The van der Waals surface area contributed by atoms with Crippen molar-refractivity contribution in [3.05, 3.63) is 59.7 Å². The molecule has 1 aliphatic heterocycles. The maximum Gasteiger partial charge on any atom is 0.179 e. The molecule has 0 saturated heterocycles. The lowest BCUT2D eigenvalue weighted by Crippen LogP contribution is -2.42. The van der Waals surface area contributed by atoms with Gasteiger partial charge in [0.05, 0.1) is 23.9 Å². The third-order valence-corrected chi connectivity index (χ3v) is 8.18. The maximum atomic E-state index is 13.5. The smallest absolute Gasteiger partial charge is 0.179 e. The molecule has 0 aromatic heterocycles. The van der Waals surface area contributed by atoms with Crippen molar-refractivity contribution < 1.29 is 18.3 Å². The fraction of sp³-hybridized carbons (Fsp3) is 0.478. The van der Waals surface area contributed by atoms with E-state index in [0.29, 0.717) is 24.2 Å². The first-order valence-corrected chi connectivity index (χ1v) is 11.7. The van der Waals surface area contributed by atoms with Crippen LogP contribution in [0.2, 0.25) is 0 Å². The van der Waals surface area contributed by atoms with E-state index in [9.17, 15) is 13.5 Å². The van der Waals surface area contributed by atoms with Crippen molar-refractivity contribution in [2.45, 2.75) is 56.4 Å². The topological polar surface area (TPSA) is 63.6 Å². The molecule has 0 spiro atoms. The molecular formula is C23H30O4S. The minimum Gasteiger partial charge on any atom is -0.497 e. The van der Waals surface area contributed by atoms with Gasteiger partial charge in [0.2, 0.25) is 0 Å². The zero-order chi connectivity index (χ0) is 20.4. The van der Waals surface area contributed by atoms with Crippen molar-refractivity contribution in [1.29, 1.82) is 0 Å². The summed E-state index contributed by atoms with van der Waals surface area (Å²) in [6.45, 7) is 4.09. The average molecular weight is 403 g/mol. The summed E-state index contributed by atoms with van der Waals surface area (Å²) in [6, 6.07) is 14.9. The molecule has 4 nitrogen and oxygen atoms in total. The quantitative estimate of drug-likeness (QED) is 0.769. The Labute approximate surface area is 168 Å². The standard InChI is InChI=1S/C23H30O4S/c1-4-6-14-23(5-2)16-28(25,26)20-15-18(27-3)12-13-19(20)21(22(23)24)17-10-8-7-9-11-17/h7-13,15,21-22,24H,4-6,14,16H2,1-3H3/t21-,22-,23-/m0/s1. The molecule has 5 heteroatoms. The van der Waals surface area contributed by atoms with Crippen molar-refractivity contribution in [1.82, 2.24) is 0 Å². The number of fused-ring (bicyclic) bond motifs is 1. The highest BCUT2D eigenvalue weighted by Crippen LogP contribution is 2.49. The molecule has 0 bridgehead atoms. The normalized spacial score (nSPS) is 26.3. The number of sulfone groups is 1. The van der Waals surface area contributed by atoms with Crippen LogP contribution in [0.15, 0.2) is 53.4 Å². The molecule has 2 aromatic carbocycles. The van der Waals surface area contributed by atoms with Crippen molar-refractivity contribution in [2.24, 2.45) is 5.41 Å². The van der Waals surface area contributed by atoms with Gasteiger partial charge in [-0.3, -0.25) is 0 Å². The van der Waals surface area contributed by atoms with Crippen LogP contribution in [0.5, 0.6) is 5.75 Å². The van der Waals surface area contributed by atoms with Gasteiger partial charge in [-0.2, -0.15) is 0 Å². The number of unbranched alkanes of at least 4 members (excludes halogenated alkanes) is 1. The Balaban J connectivity index is 2.28. The van der Waals surface area contributed by atoms with E-state index in [1.165, 1.54) is 7.11 Å². The van der Waals surface area contributed by atoms with E-state index in [-0.39, 0.29) is 10.6 Å². The third-order valence-electron chi connectivity index (χ3n) is 6.20. The Morgan fingerprint density at radius 1 is 1.14 bits per heavy atom. The van der Waals surface area contributed by atoms with Gasteiger partial charge in [0.1, 0.15) is 5.75 Å². The number of ether oxygens (including phenoxy) is 1. The molecule has 0 fully saturated rings. The SMILES string of the molecule is CCCC[C@@]1(CC)CS(=O)(=O)c2cc(OC)ccc2[C@H](c2ccccc2)[C@@H]1O. The average Bonchev–Trinajstić information content (AvgIpc) is 2.78. The second kappa shape index (κ2) is 8.26. The summed E-state index contributed by atoms with van der Waals surface area (Å²) in [7, 11) is -2.04. The van der Waals surface area contributed by atoms with Gasteiger partial charge >= 0.3 is 0 Å². The van der Waals surface area contributed by atoms with Crippen molar-refractivity contribution in [2.75, 3.05) is 12.9 Å². The molecule has 0 saturated carbocycles. The first kappa shape index (κ1) is 20.9. The number of aliphatic hydroxyl groups is 1. The van der Waals surface area contributed by atoms with Gasteiger partial charge in [-0.25, -0.2) is 8.42 Å². The van der Waals surface area contributed by atoms with Crippen LogP contribution >= 0.6 is 0 Å². The molecule has 1 aliphatic rings. The van der Waals surface area contributed by atoms with Gasteiger partial charge in [0.15, 0.2) is 9.84 Å². The third kappa shape index (κ3) is 3.70. The van der Waals surface area contributed by atoms with Crippen LogP contribution in [0.4, 0.5) is 0 Å². The van der Waals surface area contributed by atoms with E-state index in [0.717, 1.165) is 18.4 Å². The van der Waals surface area contributed by atoms with E-state index in [4.69, 9.17) is 4.74 Å². The minimum absolute atomic E-state index is 0.0405. The fourth-order valence-corrected chi connectivity index (χ4v) is 6.77. The number of methoxy groups -OCH3 is 1. The number of aliphatic hydroxyl groups excluding tert-OH is 1. The number of hydrogen-bond acceptors (Lipinski definition) is 4. The largest absolute Gasteiger partial charge is 0.497 e. The van der Waals surface area contributed by atoms with Crippen LogP contribution in [-0.4, -0.2) is 32.5 Å². The molecule has 3 rings (SSSR count). The molecule has 1 heterocycles. The van der Waals surface area contributed by atoms with Gasteiger partial charge in [-0.1, -0.05) is 63.1 Å². The Bertz CT molecular complexity index is 907. The van der Waals surface area contributed by atoms with Crippen LogP contribution < -0.4 is 4.74 Å². The highest BCUT2D eigenvalue weighted by Gasteiger charge is 2.48. The fourth-order valence-electron chi connectivity index (χ4n) is 4.49. The first-order chi connectivity index (χ1) is 13.4. The van der Waals surface area contributed by atoms with Crippen molar-refractivity contribution >= 4 is 9.84 Å². The lowest BCUT2D eigenvalue weighted by atomic mass is 9.69. The molecule has 152 valence electrons. The van der Waals surface area contributed by atoms with Crippen molar-refractivity contribution in [3.63, 3.8) is 0 Å². The molecule has 0 aliphatic carbocycles. The number of hydrogen-bond donors (Lipinski definition) is 1. The van der Waals surface area contributed by atoms with Crippen LogP contribution in [0.1, 0.15) is 56.6 Å². The van der Waals surface area contributed by atoms with E-state index in [1.807, 2.05) is 37.3 Å². The van der Waals surface area contributed by atoms with E-state index < -0.39 is 27.3 Å². The predicted molar refractivity (Wildman–Crippen MR) is 112 cm³/mol. The van der Waals surface area contributed by atoms with E-state index in [1.54, 1.807) is 18.2 Å². The minimum atomic E-state index is -3.58. The Morgan fingerprint density at radius 3 is 2.46 bits per heavy atom. The van der Waals surface area contributed by atoms with Gasteiger partial charge < -0.3 is 9.84 Å². The second-order valence-corrected chi connectivity index (χ2v) is 9.77. The summed E-state index contributed by atoms with van der Waals surface area (Å²) < 4.78 is 32.2. The van der Waals surface area contributed by atoms with Gasteiger partial charge in [0, 0.05) is 11.3 Å². The number of rotatable bonds is 6. The molecular weight excluding hydrogens is 372 g/mol. The molecule has 0 amide bonds. The lowest BCUT2D eigenvalue weighted by Gasteiger charge is -2.39. The van der Waals surface area contributed by atoms with E-state index >= 15 is 0 Å². The summed E-state index contributed by atoms with van der Waals surface area (Å²) in [5.41, 5.74) is 0.917. The second-order valence-electron chi connectivity index (χ2n) is 7.82. The van der Waals surface area contributed by atoms with Crippen LogP contribution in [0.3, 0.4) is 0 Å². The molecule has 3 atom stereocenters. The maximum absolute atomic E-state index is 13.5.